The van der Waals surface area contributed by atoms with Gasteiger partial charge in [-0.1, -0.05) is 6.07 Å². The van der Waals surface area contributed by atoms with Crippen molar-refractivity contribution < 1.29 is 18.3 Å². The molecule has 104 valence electrons. The Kier molecular flexibility index (Phi) is 4.55. The zero-order valence-corrected chi connectivity index (χ0v) is 10.9. The van der Waals surface area contributed by atoms with Crippen molar-refractivity contribution in [2.45, 2.75) is 6.54 Å². The van der Waals surface area contributed by atoms with Gasteiger partial charge in [-0.2, -0.15) is 0 Å². The topological polar surface area (TPSA) is 51.5 Å². The Morgan fingerprint density at radius 1 is 1.45 bits per heavy atom. The molecule has 0 radical (unpaired) electrons. The van der Waals surface area contributed by atoms with E-state index in [2.05, 4.69) is 5.32 Å². The zero-order chi connectivity index (χ0) is 14.4. The van der Waals surface area contributed by atoms with Gasteiger partial charge in [-0.05, 0) is 35.9 Å². The predicted octanol–water partition coefficient (Wildman–Crippen LogP) is 2.76. The number of carbonyl (C=O) groups is 1. The number of ether oxygens (including phenoxy) is 1. The van der Waals surface area contributed by atoms with Crippen LogP contribution in [-0.4, -0.2) is 13.0 Å². The Bertz CT molecular complexity index is 606. The summed E-state index contributed by atoms with van der Waals surface area (Å²) in [5.41, 5.74) is 0.580. The molecule has 0 aliphatic carbocycles. The summed E-state index contributed by atoms with van der Waals surface area (Å²) in [5, 5.41) is 2.65. The Morgan fingerprint density at radius 3 is 2.95 bits per heavy atom. The van der Waals surface area contributed by atoms with Gasteiger partial charge in [0.25, 0.3) is 0 Å². The van der Waals surface area contributed by atoms with E-state index < -0.39 is 5.82 Å². The van der Waals surface area contributed by atoms with Crippen molar-refractivity contribution in [3.05, 3.63) is 59.8 Å². The lowest BCUT2D eigenvalue weighted by molar-refractivity contribution is -0.116. The average molecular weight is 275 g/mol. The lowest BCUT2D eigenvalue weighted by Gasteiger charge is -2.02. The molecule has 1 aromatic carbocycles. The number of hydrogen-bond donors (Lipinski definition) is 1. The van der Waals surface area contributed by atoms with Crippen LogP contribution in [0.2, 0.25) is 0 Å². The van der Waals surface area contributed by atoms with Gasteiger partial charge in [0, 0.05) is 6.08 Å². The van der Waals surface area contributed by atoms with Crippen molar-refractivity contribution in [2.75, 3.05) is 7.11 Å². The van der Waals surface area contributed by atoms with Gasteiger partial charge in [-0.15, -0.1) is 0 Å². The first kappa shape index (κ1) is 13.9. The zero-order valence-electron chi connectivity index (χ0n) is 10.9. The number of amides is 1. The number of methoxy groups -OCH3 is 1. The minimum atomic E-state index is -0.467. The van der Waals surface area contributed by atoms with Gasteiger partial charge in [0.15, 0.2) is 11.6 Å². The Labute approximate surface area is 115 Å². The Balaban J connectivity index is 1.91. The molecule has 0 saturated carbocycles. The molecule has 0 bridgehead atoms. The van der Waals surface area contributed by atoms with E-state index in [-0.39, 0.29) is 11.7 Å². The summed E-state index contributed by atoms with van der Waals surface area (Å²) in [4.78, 5) is 11.6. The van der Waals surface area contributed by atoms with Gasteiger partial charge in [0.2, 0.25) is 5.91 Å². The second-order valence-electron chi connectivity index (χ2n) is 4.02. The SMILES string of the molecule is COc1ccc(/C=C/C(=O)NCc2ccco2)cc1F. The fraction of sp³-hybridized carbons (Fsp3) is 0.133. The minimum absolute atomic E-state index is 0.171. The van der Waals surface area contributed by atoms with Gasteiger partial charge in [0.1, 0.15) is 5.76 Å². The Hall–Kier alpha value is -2.56. The largest absolute Gasteiger partial charge is 0.494 e. The fourth-order valence-electron chi connectivity index (χ4n) is 1.60. The monoisotopic (exact) mass is 275 g/mol. The molecule has 0 fully saturated rings. The van der Waals surface area contributed by atoms with E-state index in [0.717, 1.165) is 0 Å². The third-order valence-electron chi connectivity index (χ3n) is 2.62. The van der Waals surface area contributed by atoms with E-state index >= 15 is 0 Å². The highest BCUT2D eigenvalue weighted by molar-refractivity contribution is 5.91. The smallest absolute Gasteiger partial charge is 0.244 e. The van der Waals surface area contributed by atoms with Gasteiger partial charge in [-0.3, -0.25) is 4.79 Å². The molecule has 4 nitrogen and oxygen atoms in total. The number of furan rings is 1. The lowest BCUT2D eigenvalue weighted by atomic mass is 10.2. The third kappa shape index (κ3) is 3.71. The molecule has 5 heteroatoms. The molecule has 2 aromatic rings. The van der Waals surface area contributed by atoms with Crippen LogP contribution in [0.15, 0.2) is 47.1 Å². The highest BCUT2D eigenvalue weighted by Crippen LogP contribution is 2.18. The number of benzene rings is 1. The van der Waals surface area contributed by atoms with E-state index in [1.165, 1.54) is 37.7 Å². The summed E-state index contributed by atoms with van der Waals surface area (Å²) in [5.74, 6) is 0.0925. The quantitative estimate of drug-likeness (QED) is 0.854. The summed E-state index contributed by atoms with van der Waals surface area (Å²) in [6.07, 6.45) is 4.40. The molecule has 1 amide bonds. The molecule has 1 aromatic heterocycles. The summed E-state index contributed by atoms with van der Waals surface area (Å²) in [7, 11) is 1.40. The lowest BCUT2D eigenvalue weighted by Crippen LogP contribution is -2.19. The number of rotatable bonds is 5. The van der Waals surface area contributed by atoms with E-state index in [1.807, 2.05) is 0 Å². The van der Waals surface area contributed by atoms with Crippen LogP contribution < -0.4 is 10.1 Å². The summed E-state index contributed by atoms with van der Waals surface area (Å²) >= 11 is 0. The normalized spacial score (nSPS) is 10.7. The van der Waals surface area contributed by atoms with E-state index in [1.54, 1.807) is 18.2 Å². The summed E-state index contributed by atoms with van der Waals surface area (Å²) in [6.45, 7) is 0.313. The van der Waals surface area contributed by atoms with Crippen LogP contribution in [0, 0.1) is 5.82 Å². The van der Waals surface area contributed by atoms with Crippen molar-refractivity contribution in [1.82, 2.24) is 5.32 Å². The van der Waals surface area contributed by atoms with Gasteiger partial charge < -0.3 is 14.5 Å². The van der Waals surface area contributed by atoms with Gasteiger partial charge >= 0.3 is 0 Å². The Morgan fingerprint density at radius 2 is 2.30 bits per heavy atom. The maximum atomic E-state index is 13.4. The van der Waals surface area contributed by atoms with E-state index in [0.29, 0.717) is 17.9 Å². The van der Waals surface area contributed by atoms with Crippen LogP contribution in [0.5, 0.6) is 5.75 Å². The van der Waals surface area contributed by atoms with Crippen molar-refractivity contribution >= 4 is 12.0 Å². The fourth-order valence-corrected chi connectivity index (χ4v) is 1.60. The van der Waals surface area contributed by atoms with Crippen molar-refractivity contribution in [1.29, 1.82) is 0 Å². The summed E-state index contributed by atoms with van der Waals surface area (Å²) in [6, 6.07) is 7.99. The molecule has 0 atom stereocenters. The molecule has 1 N–H and O–H groups in total. The minimum Gasteiger partial charge on any atom is -0.494 e. The van der Waals surface area contributed by atoms with Crippen LogP contribution in [0.1, 0.15) is 11.3 Å². The molecule has 0 unspecified atom stereocenters. The highest BCUT2D eigenvalue weighted by atomic mass is 19.1. The first-order valence-electron chi connectivity index (χ1n) is 6.01. The van der Waals surface area contributed by atoms with Crippen LogP contribution in [0.3, 0.4) is 0 Å². The van der Waals surface area contributed by atoms with Crippen LogP contribution in [-0.2, 0) is 11.3 Å². The second kappa shape index (κ2) is 6.56. The van der Waals surface area contributed by atoms with Crippen molar-refractivity contribution in [2.24, 2.45) is 0 Å². The second-order valence-corrected chi connectivity index (χ2v) is 4.02. The molecule has 0 aliphatic heterocycles. The van der Waals surface area contributed by atoms with Gasteiger partial charge in [0.05, 0.1) is 19.9 Å². The first-order valence-corrected chi connectivity index (χ1v) is 6.01. The molecule has 20 heavy (non-hydrogen) atoms. The maximum Gasteiger partial charge on any atom is 0.244 e. The molecular weight excluding hydrogens is 261 g/mol. The number of halogens is 1. The number of nitrogens with one attached hydrogen (secondary N) is 1. The molecule has 1 heterocycles. The highest BCUT2D eigenvalue weighted by Gasteiger charge is 2.02. The average Bonchev–Trinajstić information content (AvgIpc) is 2.96. The van der Waals surface area contributed by atoms with Crippen LogP contribution >= 0.6 is 0 Å². The predicted molar refractivity (Wildman–Crippen MR) is 72.5 cm³/mol. The van der Waals surface area contributed by atoms with Crippen molar-refractivity contribution in [3.8, 4) is 5.75 Å². The van der Waals surface area contributed by atoms with Crippen LogP contribution in [0.25, 0.3) is 6.08 Å². The third-order valence-corrected chi connectivity index (χ3v) is 2.62. The van der Waals surface area contributed by atoms with E-state index in [9.17, 15) is 9.18 Å². The van der Waals surface area contributed by atoms with E-state index in [4.69, 9.17) is 9.15 Å². The first-order chi connectivity index (χ1) is 9.69. The standard InChI is InChI=1S/C15H14FNO3/c1-19-14-6-4-11(9-13(14)16)5-7-15(18)17-10-12-3-2-8-20-12/h2-9H,10H2,1H3,(H,17,18)/b7-5+. The maximum absolute atomic E-state index is 13.4. The molecular formula is C15H14FNO3. The molecule has 0 spiro atoms. The summed E-state index contributed by atoms with van der Waals surface area (Å²) < 4.78 is 23.3. The van der Waals surface area contributed by atoms with Gasteiger partial charge in [-0.25, -0.2) is 4.39 Å². The number of hydrogen-bond acceptors (Lipinski definition) is 3. The number of carbonyl (C=O) groups excluding carboxylic acids is 1. The molecule has 0 aliphatic rings. The molecule has 2 rings (SSSR count). The van der Waals surface area contributed by atoms with Crippen molar-refractivity contribution in [3.63, 3.8) is 0 Å². The van der Waals surface area contributed by atoms with Crippen LogP contribution in [0.4, 0.5) is 4.39 Å². The molecule has 0 saturated heterocycles.